The van der Waals surface area contributed by atoms with Gasteiger partial charge in [-0.15, -0.1) is 0 Å². The van der Waals surface area contributed by atoms with Gasteiger partial charge < -0.3 is 10.2 Å². The summed E-state index contributed by atoms with van der Waals surface area (Å²) < 4.78 is 0. The van der Waals surface area contributed by atoms with Crippen molar-refractivity contribution in [2.75, 3.05) is 33.7 Å². The first kappa shape index (κ1) is 16.2. The van der Waals surface area contributed by atoms with Crippen LogP contribution in [-0.2, 0) is 6.42 Å². The van der Waals surface area contributed by atoms with Crippen molar-refractivity contribution in [2.45, 2.75) is 40.0 Å². The predicted molar refractivity (Wildman–Crippen MR) is 85.0 cm³/mol. The first-order chi connectivity index (χ1) is 9.04. The second-order valence-electron chi connectivity index (χ2n) is 5.74. The van der Waals surface area contributed by atoms with Gasteiger partial charge in [-0.2, -0.15) is 0 Å². The van der Waals surface area contributed by atoms with Crippen molar-refractivity contribution in [1.82, 2.24) is 10.2 Å². The topological polar surface area (TPSA) is 15.3 Å². The van der Waals surface area contributed by atoms with Crippen LogP contribution in [0.1, 0.15) is 35.1 Å². The van der Waals surface area contributed by atoms with Crippen LogP contribution in [0.2, 0.25) is 0 Å². The number of benzene rings is 1. The summed E-state index contributed by atoms with van der Waals surface area (Å²) >= 11 is 0. The van der Waals surface area contributed by atoms with E-state index in [1.807, 2.05) is 7.05 Å². The Kier molecular flexibility index (Phi) is 7.11. The largest absolute Gasteiger partial charge is 0.320 e. The minimum Gasteiger partial charge on any atom is -0.320 e. The monoisotopic (exact) mass is 262 g/mol. The molecule has 0 heterocycles. The summed E-state index contributed by atoms with van der Waals surface area (Å²) in [5.74, 6) is 0. The molecule has 0 radical (unpaired) electrons. The van der Waals surface area contributed by atoms with Crippen molar-refractivity contribution in [2.24, 2.45) is 0 Å². The van der Waals surface area contributed by atoms with Gasteiger partial charge in [0.15, 0.2) is 0 Å². The molecule has 0 aromatic heterocycles. The van der Waals surface area contributed by atoms with E-state index in [0.717, 1.165) is 13.1 Å². The standard InChI is InChI=1S/C17H30N2/c1-14-12-15(2)17(16(3)13-14)8-11-19(5)10-7-6-9-18-4/h12-13,18H,6-11H2,1-5H3. The summed E-state index contributed by atoms with van der Waals surface area (Å²) in [5, 5.41) is 3.20. The van der Waals surface area contributed by atoms with Gasteiger partial charge in [0.25, 0.3) is 0 Å². The summed E-state index contributed by atoms with van der Waals surface area (Å²) in [6.07, 6.45) is 3.72. The summed E-state index contributed by atoms with van der Waals surface area (Å²) in [6, 6.07) is 4.60. The molecule has 108 valence electrons. The molecule has 19 heavy (non-hydrogen) atoms. The van der Waals surface area contributed by atoms with E-state index in [1.165, 1.54) is 48.1 Å². The zero-order chi connectivity index (χ0) is 14.3. The van der Waals surface area contributed by atoms with E-state index in [2.05, 4.69) is 50.2 Å². The summed E-state index contributed by atoms with van der Waals surface area (Å²) in [7, 11) is 4.25. The van der Waals surface area contributed by atoms with E-state index in [1.54, 1.807) is 0 Å². The van der Waals surface area contributed by atoms with Gasteiger partial charge in [-0.3, -0.25) is 0 Å². The highest BCUT2D eigenvalue weighted by atomic mass is 15.1. The minimum atomic E-state index is 1.13. The molecule has 1 rings (SSSR count). The smallest absolute Gasteiger partial charge is 0.00190 e. The number of nitrogens with one attached hydrogen (secondary N) is 1. The molecule has 0 amide bonds. The van der Waals surface area contributed by atoms with Crippen LogP contribution in [0.4, 0.5) is 0 Å². The van der Waals surface area contributed by atoms with E-state index < -0.39 is 0 Å². The van der Waals surface area contributed by atoms with E-state index >= 15 is 0 Å². The number of aryl methyl sites for hydroxylation is 3. The molecule has 1 N–H and O–H groups in total. The zero-order valence-corrected chi connectivity index (χ0v) is 13.3. The summed E-state index contributed by atoms with van der Waals surface area (Å²) in [5.41, 5.74) is 5.80. The van der Waals surface area contributed by atoms with Crippen LogP contribution in [0.25, 0.3) is 0 Å². The highest BCUT2D eigenvalue weighted by Gasteiger charge is 2.05. The average molecular weight is 262 g/mol. The third-order valence-electron chi connectivity index (χ3n) is 3.80. The third kappa shape index (κ3) is 5.75. The molecule has 2 heteroatoms. The first-order valence-electron chi connectivity index (χ1n) is 7.44. The van der Waals surface area contributed by atoms with Gasteiger partial charge in [0.1, 0.15) is 0 Å². The maximum absolute atomic E-state index is 3.20. The SMILES string of the molecule is CNCCCCN(C)CCc1c(C)cc(C)cc1C. The molecule has 0 spiro atoms. The Labute approximate surface area is 119 Å². The second-order valence-corrected chi connectivity index (χ2v) is 5.74. The van der Waals surface area contributed by atoms with Crippen LogP contribution < -0.4 is 5.32 Å². The predicted octanol–water partition coefficient (Wildman–Crippen LogP) is 3.09. The summed E-state index contributed by atoms with van der Waals surface area (Å²) in [6.45, 7) is 10.1. The Bertz CT molecular complexity index is 362. The molecule has 0 saturated heterocycles. The second kappa shape index (κ2) is 8.34. The van der Waals surface area contributed by atoms with Crippen LogP contribution in [0.5, 0.6) is 0 Å². The van der Waals surface area contributed by atoms with E-state index in [9.17, 15) is 0 Å². The molecule has 0 bridgehead atoms. The van der Waals surface area contributed by atoms with Crippen molar-refractivity contribution in [3.63, 3.8) is 0 Å². The number of hydrogen-bond donors (Lipinski definition) is 1. The number of rotatable bonds is 8. The molecule has 0 unspecified atom stereocenters. The molecule has 1 aromatic carbocycles. The van der Waals surface area contributed by atoms with E-state index in [0.29, 0.717) is 0 Å². The average Bonchev–Trinajstić information content (AvgIpc) is 2.33. The molecule has 0 aliphatic carbocycles. The maximum atomic E-state index is 3.20. The van der Waals surface area contributed by atoms with Gasteiger partial charge in [0.05, 0.1) is 0 Å². The lowest BCUT2D eigenvalue weighted by molar-refractivity contribution is 0.329. The highest BCUT2D eigenvalue weighted by Crippen LogP contribution is 2.17. The molecule has 0 aliphatic rings. The van der Waals surface area contributed by atoms with Crippen LogP contribution in [0.3, 0.4) is 0 Å². The fourth-order valence-corrected chi connectivity index (χ4v) is 2.70. The van der Waals surface area contributed by atoms with E-state index in [4.69, 9.17) is 0 Å². The van der Waals surface area contributed by atoms with Crippen molar-refractivity contribution in [3.05, 3.63) is 34.4 Å². The fourth-order valence-electron chi connectivity index (χ4n) is 2.70. The lowest BCUT2D eigenvalue weighted by Gasteiger charge is -2.18. The highest BCUT2D eigenvalue weighted by molar-refractivity contribution is 5.37. The van der Waals surface area contributed by atoms with Gasteiger partial charge in [-0.25, -0.2) is 0 Å². The molecule has 0 saturated carbocycles. The molecule has 1 aromatic rings. The van der Waals surface area contributed by atoms with E-state index in [-0.39, 0.29) is 0 Å². The van der Waals surface area contributed by atoms with Gasteiger partial charge in [-0.1, -0.05) is 17.7 Å². The number of nitrogens with zero attached hydrogens (tertiary/aromatic N) is 1. The Morgan fingerprint density at radius 1 is 1.00 bits per heavy atom. The van der Waals surface area contributed by atoms with Crippen molar-refractivity contribution >= 4 is 0 Å². The number of hydrogen-bond acceptors (Lipinski definition) is 2. The maximum Gasteiger partial charge on any atom is 0.00190 e. The van der Waals surface area contributed by atoms with Gasteiger partial charge in [-0.05, 0) is 83.9 Å². The quantitative estimate of drug-likeness (QED) is 0.724. The first-order valence-corrected chi connectivity index (χ1v) is 7.44. The third-order valence-corrected chi connectivity index (χ3v) is 3.80. The molecule has 0 fully saturated rings. The molecular weight excluding hydrogens is 232 g/mol. The van der Waals surface area contributed by atoms with Gasteiger partial charge in [0, 0.05) is 6.54 Å². The lowest BCUT2D eigenvalue weighted by Crippen LogP contribution is -2.23. The zero-order valence-electron chi connectivity index (χ0n) is 13.3. The number of unbranched alkanes of at least 4 members (excludes halogenated alkanes) is 1. The van der Waals surface area contributed by atoms with Crippen molar-refractivity contribution < 1.29 is 0 Å². The van der Waals surface area contributed by atoms with Crippen LogP contribution in [0, 0.1) is 20.8 Å². The Morgan fingerprint density at radius 2 is 1.63 bits per heavy atom. The van der Waals surface area contributed by atoms with Gasteiger partial charge in [0.2, 0.25) is 0 Å². The molecule has 0 aliphatic heterocycles. The molecule has 0 atom stereocenters. The summed E-state index contributed by atoms with van der Waals surface area (Å²) in [4.78, 5) is 2.45. The van der Waals surface area contributed by atoms with Crippen LogP contribution >= 0.6 is 0 Å². The normalized spacial score (nSPS) is 11.3. The van der Waals surface area contributed by atoms with Crippen LogP contribution in [-0.4, -0.2) is 38.6 Å². The van der Waals surface area contributed by atoms with Crippen molar-refractivity contribution in [1.29, 1.82) is 0 Å². The Morgan fingerprint density at radius 3 is 2.21 bits per heavy atom. The number of likely N-dealkylation sites (N-methyl/N-ethyl adjacent to an activating group) is 1. The Balaban J connectivity index is 2.40. The van der Waals surface area contributed by atoms with Crippen LogP contribution in [0.15, 0.2) is 12.1 Å². The molecule has 2 nitrogen and oxygen atoms in total. The lowest BCUT2D eigenvalue weighted by atomic mass is 9.97. The minimum absolute atomic E-state index is 1.13. The molecular formula is C17H30N2. The van der Waals surface area contributed by atoms with Crippen molar-refractivity contribution in [3.8, 4) is 0 Å². The fraction of sp³-hybridized carbons (Fsp3) is 0.647. The van der Waals surface area contributed by atoms with Gasteiger partial charge >= 0.3 is 0 Å². The Hall–Kier alpha value is -0.860.